The molecule has 3 aromatic rings. The van der Waals surface area contributed by atoms with E-state index in [1.807, 2.05) is 60.7 Å². The van der Waals surface area contributed by atoms with E-state index in [1.165, 1.54) is 11.8 Å². The summed E-state index contributed by atoms with van der Waals surface area (Å²) in [5.74, 6) is 0.858. The van der Waals surface area contributed by atoms with Gasteiger partial charge in [0.2, 0.25) is 0 Å². The third-order valence-electron chi connectivity index (χ3n) is 4.63. The molecular weight excluding hydrogens is 565 g/mol. The number of methoxy groups -OCH3 is 1. The normalized spacial score (nSPS) is 15.3. The van der Waals surface area contributed by atoms with Crippen molar-refractivity contribution in [2.45, 2.75) is 0 Å². The number of halogens is 1. The van der Waals surface area contributed by atoms with Crippen LogP contribution in [0.4, 0.5) is 11.4 Å². The molecule has 1 saturated heterocycles. The van der Waals surface area contributed by atoms with Crippen LogP contribution in [-0.2, 0) is 9.59 Å². The van der Waals surface area contributed by atoms with E-state index in [9.17, 15) is 9.59 Å². The van der Waals surface area contributed by atoms with Crippen molar-refractivity contribution >= 4 is 68.8 Å². The molecule has 1 heterocycles. The molecule has 0 aromatic heterocycles. The summed E-state index contributed by atoms with van der Waals surface area (Å²) >= 11 is 3.48. The summed E-state index contributed by atoms with van der Waals surface area (Å²) in [6, 6.07) is 21.9. The molecule has 0 saturated carbocycles. The quantitative estimate of drug-likeness (QED) is 0.294. The molecule has 3 aromatic carbocycles. The molecule has 0 bridgehead atoms. The molecule has 1 aliphatic rings. The van der Waals surface area contributed by atoms with Gasteiger partial charge < -0.3 is 20.1 Å². The minimum atomic E-state index is -0.241. The molecule has 1 aliphatic heterocycles. The smallest absolute Gasteiger partial charge is 0.264 e. The number of rotatable bonds is 7. The highest BCUT2D eigenvalue weighted by molar-refractivity contribution is 14.1. The monoisotopic (exact) mass is 585 g/mol. The topological polar surface area (TPSA) is 89.0 Å². The van der Waals surface area contributed by atoms with Crippen LogP contribution < -0.4 is 20.1 Å². The van der Waals surface area contributed by atoms with Crippen LogP contribution in [0.25, 0.3) is 6.08 Å². The van der Waals surface area contributed by atoms with Gasteiger partial charge in [0, 0.05) is 9.26 Å². The summed E-state index contributed by atoms with van der Waals surface area (Å²) in [4.78, 5) is 29.4. The number of carbonyl (C=O) groups is 2. The zero-order valence-electron chi connectivity index (χ0n) is 18.1. The fraction of sp³-hybridized carbons (Fsp3) is 0.0800. The van der Waals surface area contributed by atoms with Gasteiger partial charge in [0.15, 0.2) is 11.8 Å². The molecule has 172 valence electrons. The number of ether oxygens (including phenoxy) is 2. The van der Waals surface area contributed by atoms with Crippen molar-refractivity contribution in [3.63, 3.8) is 0 Å². The zero-order chi connectivity index (χ0) is 23.9. The number of amides is 2. The van der Waals surface area contributed by atoms with E-state index < -0.39 is 0 Å². The zero-order valence-corrected chi connectivity index (χ0v) is 21.1. The van der Waals surface area contributed by atoms with Crippen LogP contribution in [0.1, 0.15) is 5.56 Å². The maximum atomic E-state index is 12.3. The second-order valence-electron chi connectivity index (χ2n) is 7.09. The Hall–Kier alpha value is -3.31. The summed E-state index contributed by atoms with van der Waals surface area (Å²) in [7, 11) is 1.60. The summed E-state index contributed by atoms with van der Waals surface area (Å²) in [6.45, 7) is -0.101. The predicted octanol–water partition coefficient (Wildman–Crippen LogP) is 5.21. The first kappa shape index (κ1) is 23.8. The highest BCUT2D eigenvalue weighted by atomic mass is 127. The van der Waals surface area contributed by atoms with Crippen molar-refractivity contribution in [2.75, 3.05) is 19.0 Å². The molecule has 9 heteroatoms. The van der Waals surface area contributed by atoms with Gasteiger partial charge in [0.05, 0.1) is 17.7 Å². The number of nitrogens with zero attached hydrogens (tertiary/aromatic N) is 1. The van der Waals surface area contributed by atoms with E-state index in [2.05, 4.69) is 38.2 Å². The van der Waals surface area contributed by atoms with Gasteiger partial charge >= 0.3 is 0 Å². The molecule has 0 atom stereocenters. The van der Waals surface area contributed by atoms with E-state index in [0.717, 1.165) is 26.3 Å². The first-order valence-corrected chi connectivity index (χ1v) is 12.1. The standard InChI is InChI=1S/C25H20IN3O4S/c1-32-20-12-8-19(9-13-20)28-25-29-24(31)22(34-25)14-16-2-10-21(11-3-16)33-15-23(30)27-18-6-4-17(26)5-7-18/h2-14H,15H2,1H3,(H,27,30)(H,28,29,31)/b22-14-. The number of thioether (sulfide) groups is 1. The van der Waals surface area contributed by atoms with Crippen molar-refractivity contribution in [2.24, 2.45) is 4.99 Å². The van der Waals surface area contributed by atoms with E-state index in [4.69, 9.17) is 9.47 Å². The first-order valence-electron chi connectivity index (χ1n) is 10.2. The van der Waals surface area contributed by atoms with Gasteiger partial charge in [-0.25, -0.2) is 4.99 Å². The third-order valence-corrected chi connectivity index (χ3v) is 6.26. The number of anilines is 1. The minimum Gasteiger partial charge on any atom is -0.497 e. The Balaban J connectivity index is 1.32. The van der Waals surface area contributed by atoms with Crippen molar-refractivity contribution in [1.82, 2.24) is 5.32 Å². The average molecular weight is 585 g/mol. The van der Waals surface area contributed by atoms with Crippen molar-refractivity contribution in [1.29, 1.82) is 0 Å². The van der Waals surface area contributed by atoms with E-state index >= 15 is 0 Å². The van der Waals surface area contributed by atoms with Gasteiger partial charge in [-0.2, -0.15) is 0 Å². The number of nitrogens with one attached hydrogen (secondary N) is 2. The predicted molar refractivity (Wildman–Crippen MR) is 144 cm³/mol. The lowest BCUT2D eigenvalue weighted by molar-refractivity contribution is -0.118. The van der Waals surface area contributed by atoms with Crippen molar-refractivity contribution in [3.8, 4) is 11.5 Å². The second kappa shape index (κ2) is 11.2. The fourth-order valence-electron chi connectivity index (χ4n) is 2.95. The maximum absolute atomic E-state index is 12.3. The van der Waals surface area contributed by atoms with Crippen LogP contribution in [0.3, 0.4) is 0 Å². The van der Waals surface area contributed by atoms with Crippen LogP contribution in [0.2, 0.25) is 0 Å². The molecule has 0 aliphatic carbocycles. The Labute approximate surface area is 214 Å². The summed E-state index contributed by atoms with van der Waals surface area (Å²) in [5, 5.41) is 6.08. The highest BCUT2D eigenvalue weighted by Crippen LogP contribution is 2.29. The molecule has 34 heavy (non-hydrogen) atoms. The molecule has 1 fully saturated rings. The minimum absolute atomic E-state index is 0.101. The molecule has 0 spiro atoms. The molecule has 2 N–H and O–H groups in total. The Bertz CT molecular complexity index is 1240. The molecule has 0 radical (unpaired) electrons. The summed E-state index contributed by atoms with van der Waals surface area (Å²) < 4.78 is 11.8. The van der Waals surface area contributed by atoms with Crippen molar-refractivity contribution in [3.05, 3.63) is 86.8 Å². The van der Waals surface area contributed by atoms with E-state index in [1.54, 1.807) is 25.3 Å². The Morgan fingerprint density at radius 3 is 2.38 bits per heavy atom. The van der Waals surface area contributed by atoms with E-state index in [-0.39, 0.29) is 18.4 Å². The van der Waals surface area contributed by atoms with Gasteiger partial charge in [-0.3, -0.25) is 9.59 Å². The van der Waals surface area contributed by atoms with Crippen LogP contribution >= 0.6 is 34.4 Å². The molecule has 0 unspecified atom stereocenters. The van der Waals surface area contributed by atoms with Crippen LogP contribution in [0, 0.1) is 3.57 Å². The number of amidine groups is 1. The van der Waals surface area contributed by atoms with Crippen LogP contribution in [0.15, 0.2) is 82.7 Å². The highest BCUT2D eigenvalue weighted by Gasteiger charge is 2.23. The second-order valence-corrected chi connectivity index (χ2v) is 9.37. The van der Waals surface area contributed by atoms with Gasteiger partial charge in [0.1, 0.15) is 11.5 Å². The van der Waals surface area contributed by atoms with E-state index in [0.29, 0.717) is 15.8 Å². The average Bonchev–Trinajstić information content (AvgIpc) is 3.19. The lowest BCUT2D eigenvalue weighted by Gasteiger charge is -2.08. The fourth-order valence-corrected chi connectivity index (χ4v) is 4.15. The number of aliphatic imine (C=N–C) groups is 1. The third kappa shape index (κ3) is 6.61. The van der Waals surface area contributed by atoms with Crippen molar-refractivity contribution < 1.29 is 19.1 Å². The van der Waals surface area contributed by atoms with Gasteiger partial charge in [-0.15, -0.1) is 0 Å². The summed E-state index contributed by atoms with van der Waals surface area (Å²) in [5.41, 5.74) is 2.27. The SMILES string of the molecule is COc1ccc(N=C2NC(=O)/C(=C/c3ccc(OCC(=O)Nc4ccc(I)cc4)cc3)S2)cc1. The first-order chi connectivity index (χ1) is 16.5. The molecule has 2 amide bonds. The molecule has 4 rings (SSSR count). The Kier molecular flexibility index (Phi) is 7.86. The van der Waals surface area contributed by atoms with Crippen LogP contribution in [-0.4, -0.2) is 30.7 Å². The number of hydrogen-bond acceptors (Lipinski definition) is 6. The van der Waals surface area contributed by atoms with Gasteiger partial charge in [-0.05, 0) is 107 Å². The number of benzene rings is 3. The Morgan fingerprint density at radius 2 is 1.71 bits per heavy atom. The maximum Gasteiger partial charge on any atom is 0.264 e. The van der Waals surface area contributed by atoms with Crippen LogP contribution in [0.5, 0.6) is 11.5 Å². The lowest BCUT2D eigenvalue weighted by atomic mass is 10.2. The Morgan fingerprint density at radius 1 is 1.03 bits per heavy atom. The van der Waals surface area contributed by atoms with Gasteiger partial charge in [-0.1, -0.05) is 12.1 Å². The lowest BCUT2D eigenvalue weighted by Crippen LogP contribution is -2.20. The number of carbonyl (C=O) groups excluding carboxylic acids is 2. The molecular formula is C25H20IN3O4S. The molecule has 7 nitrogen and oxygen atoms in total. The van der Waals surface area contributed by atoms with Gasteiger partial charge in [0.25, 0.3) is 11.8 Å². The summed E-state index contributed by atoms with van der Waals surface area (Å²) in [6.07, 6.45) is 1.78. The largest absolute Gasteiger partial charge is 0.497 e. The number of hydrogen-bond donors (Lipinski definition) is 2.